The Bertz CT molecular complexity index is 796. The van der Waals surface area contributed by atoms with E-state index < -0.39 is 14.8 Å². The van der Waals surface area contributed by atoms with Gasteiger partial charge in [-0.05, 0) is 78.4 Å². The van der Waals surface area contributed by atoms with Gasteiger partial charge in [0, 0.05) is 18.5 Å². The maximum absolute atomic E-state index is 12.4. The quantitative estimate of drug-likeness (QED) is 0.498. The lowest BCUT2D eigenvalue weighted by Crippen LogP contribution is -2.46. The molecule has 1 amide bonds. The van der Waals surface area contributed by atoms with E-state index in [1.54, 1.807) is 20.8 Å². The number of benzene rings is 1. The van der Waals surface area contributed by atoms with Gasteiger partial charge in [-0.25, -0.2) is 13.1 Å². The first-order valence-electron chi connectivity index (χ1n) is 11.3. The number of amides is 1. The number of sulfonamides is 1. The first-order chi connectivity index (χ1) is 14.6. The van der Waals surface area contributed by atoms with Crippen LogP contribution in [0.1, 0.15) is 66.2 Å². The van der Waals surface area contributed by atoms with Crippen LogP contribution in [0.5, 0.6) is 11.5 Å². The fourth-order valence-corrected chi connectivity index (χ4v) is 4.51. The third kappa shape index (κ3) is 8.00. The molecule has 0 saturated heterocycles. The molecule has 7 nitrogen and oxygen atoms in total. The van der Waals surface area contributed by atoms with Crippen LogP contribution in [0.25, 0.3) is 0 Å². The molecule has 1 saturated carbocycles. The van der Waals surface area contributed by atoms with E-state index in [4.69, 9.17) is 9.47 Å². The minimum absolute atomic E-state index is 0.0373. The van der Waals surface area contributed by atoms with Gasteiger partial charge in [0.2, 0.25) is 15.9 Å². The minimum atomic E-state index is -3.35. The molecule has 0 aliphatic heterocycles. The van der Waals surface area contributed by atoms with Crippen molar-refractivity contribution in [3.63, 3.8) is 0 Å². The summed E-state index contributed by atoms with van der Waals surface area (Å²) in [4.78, 5) is 12.4. The molecule has 1 aromatic carbocycles. The van der Waals surface area contributed by atoms with Gasteiger partial charge in [0.25, 0.3) is 0 Å². The monoisotopic (exact) mass is 454 g/mol. The van der Waals surface area contributed by atoms with Gasteiger partial charge in [-0.2, -0.15) is 0 Å². The first kappa shape index (κ1) is 25.5. The largest absolute Gasteiger partial charge is 0.490 e. The van der Waals surface area contributed by atoms with Crippen molar-refractivity contribution in [1.29, 1.82) is 0 Å². The molecule has 176 valence electrons. The molecule has 0 aromatic heterocycles. The lowest BCUT2D eigenvalue weighted by atomic mass is 9.86. The average Bonchev–Trinajstić information content (AvgIpc) is 2.71. The molecular formula is C23H38N2O5S. The summed E-state index contributed by atoms with van der Waals surface area (Å²) >= 11 is 0. The zero-order valence-corrected chi connectivity index (χ0v) is 20.1. The summed E-state index contributed by atoms with van der Waals surface area (Å²) in [5, 5.41) is 3.01. The van der Waals surface area contributed by atoms with Gasteiger partial charge in [0.05, 0.1) is 18.0 Å². The van der Waals surface area contributed by atoms with Crippen LogP contribution in [-0.4, -0.2) is 44.9 Å². The van der Waals surface area contributed by atoms with E-state index in [0.29, 0.717) is 45.4 Å². The SMILES string of the molecule is CCOc1ccccc1OCCCCNC(=O)C1CCC(NS(=O)(=O)C(C)(C)C)CC1. The van der Waals surface area contributed by atoms with E-state index in [1.165, 1.54) is 0 Å². The molecule has 0 heterocycles. The van der Waals surface area contributed by atoms with Gasteiger partial charge >= 0.3 is 0 Å². The van der Waals surface area contributed by atoms with Crippen LogP contribution < -0.4 is 19.5 Å². The van der Waals surface area contributed by atoms with Gasteiger partial charge < -0.3 is 14.8 Å². The number of hydrogen-bond donors (Lipinski definition) is 2. The van der Waals surface area contributed by atoms with Crippen LogP contribution in [0.15, 0.2) is 24.3 Å². The van der Waals surface area contributed by atoms with Crippen LogP contribution in [-0.2, 0) is 14.8 Å². The lowest BCUT2D eigenvalue weighted by molar-refractivity contribution is -0.126. The number of carbonyl (C=O) groups excluding carboxylic acids is 1. The highest BCUT2D eigenvalue weighted by molar-refractivity contribution is 7.90. The van der Waals surface area contributed by atoms with Gasteiger partial charge in [-0.3, -0.25) is 4.79 Å². The smallest absolute Gasteiger partial charge is 0.223 e. The second-order valence-electron chi connectivity index (χ2n) is 9.01. The zero-order valence-electron chi connectivity index (χ0n) is 19.3. The summed E-state index contributed by atoms with van der Waals surface area (Å²) in [6.07, 6.45) is 4.48. The molecule has 1 aliphatic rings. The van der Waals surface area contributed by atoms with Crippen molar-refractivity contribution in [3.05, 3.63) is 24.3 Å². The summed E-state index contributed by atoms with van der Waals surface area (Å²) in [6, 6.07) is 7.54. The normalized spacial score (nSPS) is 19.6. The van der Waals surface area contributed by atoms with Crippen molar-refractivity contribution in [2.24, 2.45) is 5.92 Å². The Balaban J connectivity index is 1.62. The number of hydrogen-bond acceptors (Lipinski definition) is 5. The topological polar surface area (TPSA) is 93.7 Å². The first-order valence-corrected chi connectivity index (χ1v) is 12.8. The Hall–Kier alpha value is -1.80. The van der Waals surface area contributed by atoms with E-state index in [9.17, 15) is 13.2 Å². The summed E-state index contributed by atoms with van der Waals surface area (Å²) in [7, 11) is -3.35. The van der Waals surface area contributed by atoms with E-state index in [2.05, 4.69) is 10.0 Å². The number of para-hydroxylation sites is 2. The molecule has 0 atom stereocenters. The molecule has 2 N–H and O–H groups in total. The molecule has 0 spiro atoms. The molecular weight excluding hydrogens is 416 g/mol. The van der Waals surface area contributed by atoms with Crippen LogP contribution >= 0.6 is 0 Å². The van der Waals surface area contributed by atoms with E-state index in [0.717, 1.165) is 24.3 Å². The maximum Gasteiger partial charge on any atom is 0.223 e. The van der Waals surface area contributed by atoms with E-state index in [1.807, 2.05) is 31.2 Å². The Morgan fingerprint density at radius 1 is 1.03 bits per heavy atom. The predicted octanol–water partition coefficient (Wildman–Crippen LogP) is 3.64. The van der Waals surface area contributed by atoms with Gasteiger partial charge in [-0.1, -0.05) is 12.1 Å². The summed E-state index contributed by atoms with van der Waals surface area (Å²) in [5.41, 5.74) is 0. The van der Waals surface area contributed by atoms with Crippen molar-refractivity contribution < 1.29 is 22.7 Å². The van der Waals surface area contributed by atoms with Crippen LogP contribution in [0.2, 0.25) is 0 Å². The van der Waals surface area contributed by atoms with Crippen LogP contribution in [0.3, 0.4) is 0 Å². The Morgan fingerprint density at radius 3 is 2.23 bits per heavy atom. The second-order valence-corrected chi connectivity index (χ2v) is 11.5. The van der Waals surface area contributed by atoms with Crippen molar-refractivity contribution in [2.45, 2.75) is 77.0 Å². The van der Waals surface area contributed by atoms with Crippen molar-refractivity contribution >= 4 is 15.9 Å². The molecule has 0 radical (unpaired) electrons. The Kier molecular flexibility index (Phi) is 9.62. The molecule has 0 bridgehead atoms. The molecule has 1 fully saturated rings. The third-order valence-corrected chi connectivity index (χ3v) is 7.76. The number of unbranched alkanes of at least 4 members (excludes halogenated alkanes) is 1. The predicted molar refractivity (Wildman–Crippen MR) is 123 cm³/mol. The third-order valence-electron chi connectivity index (χ3n) is 5.50. The summed E-state index contributed by atoms with van der Waals surface area (Å²) < 4.78 is 37.9. The fraction of sp³-hybridized carbons (Fsp3) is 0.696. The fourth-order valence-electron chi connectivity index (χ4n) is 3.48. The molecule has 2 rings (SSSR count). The highest BCUT2D eigenvalue weighted by atomic mass is 32.2. The lowest BCUT2D eigenvalue weighted by Gasteiger charge is -2.30. The zero-order chi connectivity index (χ0) is 22.9. The van der Waals surface area contributed by atoms with Crippen molar-refractivity contribution in [1.82, 2.24) is 10.0 Å². The van der Waals surface area contributed by atoms with E-state index in [-0.39, 0.29) is 17.9 Å². The standard InChI is InChI=1S/C23H38N2O5S/c1-5-29-20-10-6-7-11-21(20)30-17-9-8-16-24-22(26)18-12-14-19(15-13-18)25-31(27,28)23(2,3)4/h6-7,10-11,18-19,25H,5,8-9,12-17H2,1-4H3,(H,24,26). The Labute approximate surface area is 187 Å². The summed E-state index contributed by atoms with van der Waals surface area (Å²) in [5.74, 6) is 1.52. The molecule has 8 heteroatoms. The maximum atomic E-state index is 12.4. The molecule has 31 heavy (non-hydrogen) atoms. The van der Waals surface area contributed by atoms with Crippen molar-refractivity contribution in [3.8, 4) is 11.5 Å². The number of rotatable bonds is 11. The molecule has 0 unspecified atom stereocenters. The van der Waals surface area contributed by atoms with E-state index >= 15 is 0 Å². The summed E-state index contributed by atoms with van der Waals surface area (Å²) in [6.45, 7) is 8.80. The molecule has 1 aliphatic carbocycles. The van der Waals surface area contributed by atoms with Gasteiger partial charge in [-0.15, -0.1) is 0 Å². The second kappa shape index (κ2) is 11.7. The molecule has 1 aromatic rings. The highest BCUT2D eigenvalue weighted by Gasteiger charge is 2.33. The van der Waals surface area contributed by atoms with Gasteiger partial charge in [0.15, 0.2) is 11.5 Å². The average molecular weight is 455 g/mol. The van der Waals surface area contributed by atoms with Crippen molar-refractivity contribution in [2.75, 3.05) is 19.8 Å². The van der Waals surface area contributed by atoms with Crippen LogP contribution in [0, 0.1) is 5.92 Å². The number of ether oxygens (including phenoxy) is 2. The van der Waals surface area contributed by atoms with Crippen LogP contribution in [0.4, 0.5) is 0 Å². The minimum Gasteiger partial charge on any atom is -0.490 e. The van der Waals surface area contributed by atoms with Gasteiger partial charge in [0.1, 0.15) is 0 Å². The number of nitrogens with one attached hydrogen (secondary N) is 2. The highest BCUT2D eigenvalue weighted by Crippen LogP contribution is 2.27. The number of carbonyl (C=O) groups is 1. The Morgan fingerprint density at radius 2 is 1.65 bits per heavy atom.